The van der Waals surface area contributed by atoms with E-state index in [2.05, 4.69) is 202 Å². The van der Waals surface area contributed by atoms with Gasteiger partial charge >= 0.3 is 0 Å². The summed E-state index contributed by atoms with van der Waals surface area (Å²) in [7, 11) is 0. The van der Waals surface area contributed by atoms with Gasteiger partial charge in [0.2, 0.25) is 0 Å². The van der Waals surface area contributed by atoms with Gasteiger partial charge in [-0.1, -0.05) is 161 Å². The number of imidazole rings is 1. The number of aromatic hydroxyl groups is 1. The molecule has 0 bridgehead atoms. The fourth-order valence-electron chi connectivity index (χ4n) is 8.74. The Balaban J connectivity index is 0.00000490. The van der Waals surface area contributed by atoms with Gasteiger partial charge in [-0.3, -0.25) is 9.55 Å². The van der Waals surface area contributed by atoms with Crippen molar-refractivity contribution in [2.45, 2.75) is 52.4 Å². The third kappa shape index (κ3) is 7.05. The summed E-state index contributed by atoms with van der Waals surface area (Å²) in [5.41, 5.74) is 13.9. The van der Waals surface area contributed by atoms with Crippen molar-refractivity contribution in [3.8, 4) is 62.0 Å². The van der Waals surface area contributed by atoms with Crippen molar-refractivity contribution in [2.24, 2.45) is 0 Å². The molecule has 0 fully saturated rings. The number of aromatic nitrogens is 4. The van der Waals surface area contributed by atoms with Crippen LogP contribution in [-0.4, -0.2) is 24.2 Å². The van der Waals surface area contributed by atoms with Crippen molar-refractivity contribution in [1.29, 1.82) is 0 Å². The maximum atomic E-state index is 12.3. The number of hydrogen-bond acceptors (Lipinski definition) is 3. The number of nitrogens with zero attached hydrogens (tertiary/aromatic N) is 4. The molecule has 3 heterocycles. The van der Waals surface area contributed by atoms with Crippen LogP contribution in [0.1, 0.15) is 52.7 Å². The predicted octanol–water partition coefficient (Wildman–Crippen LogP) is 14.3. The van der Waals surface area contributed by atoms with Crippen molar-refractivity contribution in [2.75, 3.05) is 0 Å². The van der Waals surface area contributed by atoms with Gasteiger partial charge in [0.05, 0.1) is 22.1 Å². The minimum absolute atomic E-state index is 0. The molecule has 10 rings (SSSR count). The summed E-state index contributed by atoms with van der Waals surface area (Å²) in [6, 6.07) is 61.0. The second kappa shape index (κ2) is 15.7. The van der Waals surface area contributed by atoms with Gasteiger partial charge in [-0.15, -0.1) is 23.8 Å². The third-order valence-corrected chi connectivity index (χ3v) is 11.8. The molecule has 6 heteroatoms. The average Bonchev–Trinajstić information content (AvgIpc) is 3.83. The van der Waals surface area contributed by atoms with E-state index in [1.165, 1.54) is 5.39 Å². The van der Waals surface area contributed by atoms with Crippen molar-refractivity contribution >= 4 is 32.8 Å². The first kappa shape index (κ1) is 40.8. The predicted molar refractivity (Wildman–Crippen MR) is 253 cm³/mol. The number of phenolic OH excluding ortho intramolecular Hbond substituents is 1. The Morgan fingerprint density at radius 1 is 0.532 bits per heavy atom. The molecule has 0 unspecified atom stereocenters. The van der Waals surface area contributed by atoms with Crippen LogP contribution in [0, 0.1) is 6.07 Å². The van der Waals surface area contributed by atoms with Crippen LogP contribution < -0.4 is 0 Å². The molecular weight excluding hydrogens is 940 g/mol. The van der Waals surface area contributed by atoms with Gasteiger partial charge < -0.3 is 9.67 Å². The van der Waals surface area contributed by atoms with E-state index in [0.717, 1.165) is 83.5 Å². The summed E-state index contributed by atoms with van der Waals surface area (Å²) in [5.74, 6) is 0.934. The summed E-state index contributed by atoms with van der Waals surface area (Å²) >= 11 is 0. The van der Waals surface area contributed by atoms with Crippen molar-refractivity contribution < 1.29 is 26.2 Å². The van der Waals surface area contributed by atoms with Gasteiger partial charge in [0.25, 0.3) is 0 Å². The second-order valence-electron chi connectivity index (χ2n) is 18.0. The van der Waals surface area contributed by atoms with Crippen LogP contribution in [0.5, 0.6) is 5.75 Å². The van der Waals surface area contributed by atoms with Gasteiger partial charge in [0, 0.05) is 66.2 Å². The van der Waals surface area contributed by atoms with Gasteiger partial charge in [-0.2, -0.15) is 0 Å². The molecule has 0 saturated heterocycles. The topological polar surface area (TPSA) is 55.9 Å². The Morgan fingerprint density at radius 3 is 1.82 bits per heavy atom. The molecule has 0 aliphatic heterocycles. The first-order valence-corrected chi connectivity index (χ1v) is 21.0. The Kier molecular flexibility index (Phi) is 10.4. The van der Waals surface area contributed by atoms with Crippen molar-refractivity contribution in [3.05, 3.63) is 187 Å². The molecule has 0 amide bonds. The number of rotatable bonds is 6. The van der Waals surface area contributed by atoms with E-state index in [0.29, 0.717) is 11.4 Å². The molecule has 62 heavy (non-hydrogen) atoms. The first-order chi connectivity index (χ1) is 29.5. The van der Waals surface area contributed by atoms with Crippen molar-refractivity contribution in [3.63, 3.8) is 0 Å². The number of hydrogen-bond donors (Lipinski definition) is 1. The van der Waals surface area contributed by atoms with Crippen LogP contribution in [0.2, 0.25) is 0 Å². The van der Waals surface area contributed by atoms with E-state index >= 15 is 0 Å². The number of phenols is 1. The average molecular weight is 987 g/mol. The number of fused-ring (bicyclic) bond motifs is 4. The van der Waals surface area contributed by atoms with E-state index in [1.54, 1.807) is 0 Å². The molecule has 0 saturated carbocycles. The van der Waals surface area contributed by atoms with Gasteiger partial charge in [0.15, 0.2) is 0 Å². The summed E-state index contributed by atoms with van der Waals surface area (Å²) in [5, 5.41) is 14.5. The fourth-order valence-corrected chi connectivity index (χ4v) is 8.74. The van der Waals surface area contributed by atoms with E-state index in [1.807, 2.05) is 24.4 Å². The van der Waals surface area contributed by atoms with Gasteiger partial charge in [-0.05, 0) is 70.5 Å². The number of benzene rings is 7. The van der Waals surface area contributed by atoms with Crippen LogP contribution in [0.15, 0.2) is 170 Å². The Hall–Kier alpha value is -6.55. The molecule has 7 aromatic carbocycles. The Bertz CT molecular complexity index is 3260. The zero-order chi connectivity index (χ0) is 42.0. The van der Waals surface area contributed by atoms with Crippen molar-refractivity contribution in [1.82, 2.24) is 19.1 Å². The molecule has 0 radical (unpaired) electrons. The number of para-hydroxylation sites is 4. The maximum absolute atomic E-state index is 12.3. The quantitative estimate of drug-likeness (QED) is 0.169. The van der Waals surface area contributed by atoms with Gasteiger partial charge in [0.1, 0.15) is 11.6 Å². The van der Waals surface area contributed by atoms with Crippen LogP contribution in [0.3, 0.4) is 0 Å². The molecule has 3 aromatic heterocycles. The van der Waals surface area contributed by atoms with E-state index in [9.17, 15) is 5.11 Å². The molecule has 10 aromatic rings. The molecular formula is C56H47N4OPt-. The fraction of sp³-hybridized carbons (Fsp3) is 0.143. The zero-order valence-electron chi connectivity index (χ0n) is 35.7. The largest absolute Gasteiger partial charge is 0.507 e. The summed E-state index contributed by atoms with van der Waals surface area (Å²) in [6.07, 6.45) is 1.92. The van der Waals surface area contributed by atoms with Crippen LogP contribution in [0.25, 0.3) is 89.1 Å². The van der Waals surface area contributed by atoms with Crippen LogP contribution >= 0.6 is 0 Å². The van der Waals surface area contributed by atoms with E-state index < -0.39 is 0 Å². The Labute approximate surface area is 377 Å². The smallest absolute Gasteiger partial charge is 0.148 e. The number of pyridine rings is 1. The normalized spacial score (nSPS) is 12.0. The molecule has 0 atom stereocenters. The minimum Gasteiger partial charge on any atom is -0.507 e. The van der Waals surface area contributed by atoms with E-state index in [4.69, 9.17) is 9.97 Å². The summed E-state index contributed by atoms with van der Waals surface area (Å²) in [6.45, 7) is 13.1. The van der Waals surface area contributed by atoms with Crippen LogP contribution in [-0.2, 0) is 31.9 Å². The van der Waals surface area contributed by atoms with Gasteiger partial charge in [-0.25, -0.2) is 4.98 Å². The van der Waals surface area contributed by atoms with E-state index in [-0.39, 0.29) is 37.6 Å². The zero-order valence-corrected chi connectivity index (χ0v) is 38.0. The Morgan fingerprint density at radius 2 is 1.15 bits per heavy atom. The molecule has 0 aliphatic rings. The third-order valence-electron chi connectivity index (χ3n) is 11.8. The molecule has 0 spiro atoms. The standard InChI is InChI=1S/C56H47N4O.Pt/c1-55(2,3)40-34-46(53(61)47(35-40)56(4,5)6)54-58-51-43(26-18-28-49(51)60(54)42-23-14-9-15-24-42)38-31-37(36-19-10-7-11-20-36)32-39(33-38)50-52-45(29-30-57-50)44-25-16-17-27-48(44)59(52)41-21-12-8-13-22-41;/h7-32,34-35,61H,1-6H3;/q-1;. The maximum Gasteiger partial charge on any atom is 0.148 e. The SMILES string of the molecule is CC(C)(C)c1cc(-c2nc3c(-c4[c-]c(-c5nccc6c7ccccc7n(-c7ccccc7)c56)cc(-c5ccccc5)c4)cccc3n2-c2ccccc2)c(O)c(C(C)(C)C)c1.[Pt]. The second-order valence-corrected chi connectivity index (χ2v) is 18.0. The summed E-state index contributed by atoms with van der Waals surface area (Å²) in [4.78, 5) is 10.7. The summed E-state index contributed by atoms with van der Waals surface area (Å²) < 4.78 is 4.52. The molecule has 5 nitrogen and oxygen atoms in total. The monoisotopic (exact) mass is 986 g/mol. The first-order valence-electron chi connectivity index (χ1n) is 21.0. The molecule has 1 N–H and O–H groups in total. The molecule has 0 aliphatic carbocycles. The van der Waals surface area contributed by atoms with Crippen LogP contribution in [0.4, 0.5) is 0 Å². The molecule has 308 valence electrons. The minimum atomic E-state index is -0.304.